The zero-order valence-corrected chi connectivity index (χ0v) is 9.44. The van der Waals surface area contributed by atoms with Gasteiger partial charge in [-0.2, -0.15) is 0 Å². The van der Waals surface area contributed by atoms with Crippen LogP contribution in [0.1, 0.15) is 19.8 Å². The standard InChI is InChI=1S/C11H16N4O/c1-2-4-14-9(16)6-11(7-12-8-11)15-5-3-13-10(14)15/h3,5,12H,2,4,6-8H2,1H3. The van der Waals surface area contributed by atoms with Crippen molar-refractivity contribution in [2.24, 2.45) is 0 Å². The molecule has 1 fully saturated rings. The van der Waals surface area contributed by atoms with Gasteiger partial charge in [-0.3, -0.25) is 9.69 Å². The Kier molecular flexibility index (Phi) is 2.04. The van der Waals surface area contributed by atoms with Gasteiger partial charge in [0.1, 0.15) is 0 Å². The number of nitrogens with one attached hydrogen (secondary N) is 1. The largest absolute Gasteiger partial charge is 0.312 e. The van der Waals surface area contributed by atoms with Gasteiger partial charge in [-0.15, -0.1) is 0 Å². The molecule has 3 rings (SSSR count). The first-order chi connectivity index (χ1) is 7.77. The lowest BCUT2D eigenvalue weighted by Gasteiger charge is -2.48. The van der Waals surface area contributed by atoms with Crippen LogP contribution in [0.15, 0.2) is 12.4 Å². The van der Waals surface area contributed by atoms with Gasteiger partial charge in [0.15, 0.2) is 0 Å². The number of carbonyl (C=O) groups is 1. The van der Waals surface area contributed by atoms with Gasteiger partial charge < -0.3 is 9.88 Å². The highest BCUT2D eigenvalue weighted by molar-refractivity contribution is 5.94. The highest BCUT2D eigenvalue weighted by atomic mass is 16.2. The highest BCUT2D eigenvalue weighted by Gasteiger charge is 2.47. The number of hydrogen-bond acceptors (Lipinski definition) is 3. The third-order valence-electron chi connectivity index (χ3n) is 3.51. The molecular formula is C11H16N4O. The number of fused-ring (bicyclic) bond motifs is 2. The van der Waals surface area contributed by atoms with Crippen molar-refractivity contribution in [3.63, 3.8) is 0 Å². The minimum atomic E-state index is -0.0346. The van der Waals surface area contributed by atoms with E-state index in [-0.39, 0.29) is 11.4 Å². The fourth-order valence-electron chi connectivity index (χ4n) is 2.60. The van der Waals surface area contributed by atoms with Gasteiger partial charge in [0, 0.05) is 32.0 Å². The molecule has 0 unspecified atom stereocenters. The Bertz CT molecular complexity index is 421. The van der Waals surface area contributed by atoms with Crippen LogP contribution in [0.25, 0.3) is 0 Å². The van der Waals surface area contributed by atoms with E-state index >= 15 is 0 Å². The van der Waals surface area contributed by atoms with Crippen LogP contribution in [-0.2, 0) is 10.3 Å². The maximum absolute atomic E-state index is 12.1. The first-order valence-electron chi connectivity index (χ1n) is 5.82. The van der Waals surface area contributed by atoms with Crippen molar-refractivity contribution in [1.29, 1.82) is 0 Å². The average Bonchev–Trinajstić information content (AvgIpc) is 2.68. The van der Waals surface area contributed by atoms with Crippen molar-refractivity contribution in [1.82, 2.24) is 14.9 Å². The van der Waals surface area contributed by atoms with Crippen LogP contribution in [-0.4, -0.2) is 35.1 Å². The minimum absolute atomic E-state index is 0.0346. The van der Waals surface area contributed by atoms with Crippen LogP contribution in [0.2, 0.25) is 0 Å². The van der Waals surface area contributed by atoms with E-state index in [4.69, 9.17) is 0 Å². The number of anilines is 1. The summed E-state index contributed by atoms with van der Waals surface area (Å²) >= 11 is 0. The Labute approximate surface area is 94.4 Å². The second-order valence-electron chi connectivity index (χ2n) is 4.65. The molecular weight excluding hydrogens is 204 g/mol. The minimum Gasteiger partial charge on any atom is -0.312 e. The maximum atomic E-state index is 12.1. The van der Waals surface area contributed by atoms with E-state index in [1.807, 2.05) is 11.1 Å². The predicted molar refractivity (Wildman–Crippen MR) is 60.3 cm³/mol. The quantitative estimate of drug-likeness (QED) is 0.781. The summed E-state index contributed by atoms with van der Waals surface area (Å²) in [5.74, 6) is 1.03. The topological polar surface area (TPSA) is 50.2 Å². The zero-order chi connectivity index (χ0) is 11.2. The van der Waals surface area contributed by atoms with Gasteiger partial charge in [0.25, 0.3) is 0 Å². The summed E-state index contributed by atoms with van der Waals surface area (Å²) in [4.78, 5) is 18.2. The Balaban J connectivity index is 2.03. The van der Waals surface area contributed by atoms with Crippen molar-refractivity contribution in [3.05, 3.63) is 12.4 Å². The summed E-state index contributed by atoms with van der Waals surface area (Å²) in [6.07, 6.45) is 5.34. The molecule has 16 heavy (non-hydrogen) atoms. The summed E-state index contributed by atoms with van der Waals surface area (Å²) < 4.78 is 2.17. The van der Waals surface area contributed by atoms with E-state index in [0.29, 0.717) is 6.42 Å². The molecule has 0 saturated carbocycles. The van der Waals surface area contributed by atoms with Crippen molar-refractivity contribution >= 4 is 11.9 Å². The van der Waals surface area contributed by atoms with Gasteiger partial charge in [-0.05, 0) is 6.42 Å². The number of nitrogens with zero attached hydrogens (tertiary/aromatic N) is 3. The summed E-state index contributed by atoms with van der Waals surface area (Å²) in [6.45, 7) is 4.60. The number of imidazole rings is 1. The normalized spacial score (nSPS) is 22.1. The summed E-state index contributed by atoms with van der Waals surface area (Å²) in [6, 6.07) is 0. The molecule has 1 spiro atoms. The Morgan fingerprint density at radius 2 is 2.38 bits per heavy atom. The lowest BCUT2D eigenvalue weighted by Crippen LogP contribution is -2.65. The Morgan fingerprint density at radius 3 is 3.00 bits per heavy atom. The van der Waals surface area contributed by atoms with Crippen molar-refractivity contribution in [2.75, 3.05) is 24.5 Å². The zero-order valence-electron chi connectivity index (χ0n) is 9.44. The van der Waals surface area contributed by atoms with E-state index in [9.17, 15) is 4.79 Å². The molecule has 0 bridgehead atoms. The number of carbonyl (C=O) groups excluding carboxylic acids is 1. The molecule has 0 aromatic carbocycles. The molecule has 3 heterocycles. The van der Waals surface area contributed by atoms with Gasteiger partial charge in [-0.1, -0.05) is 6.92 Å². The Hall–Kier alpha value is -1.36. The lowest BCUT2D eigenvalue weighted by molar-refractivity contribution is -0.122. The SMILES string of the molecule is CCCN1C(=O)CC2(CNC2)n2ccnc21. The summed E-state index contributed by atoms with van der Waals surface area (Å²) in [7, 11) is 0. The molecule has 0 aliphatic carbocycles. The Morgan fingerprint density at radius 1 is 1.56 bits per heavy atom. The molecule has 1 N–H and O–H groups in total. The van der Waals surface area contributed by atoms with Crippen molar-refractivity contribution < 1.29 is 4.79 Å². The molecule has 2 aliphatic rings. The average molecular weight is 220 g/mol. The van der Waals surface area contributed by atoms with Crippen molar-refractivity contribution in [3.8, 4) is 0 Å². The monoisotopic (exact) mass is 220 g/mol. The van der Waals surface area contributed by atoms with E-state index in [0.717, 1.165) is 32.0 Å². The van der Waals surface area contributed by atoms with E-state index in [1.165, 1.54) is 0 Å². The number of aromatic nitrogens is 2. The number of rotatable bonds is 2. The third-order valence-corrected chi connectivity index (χ3v) is 3.51. The second-order valence-corrected chi connectivity index (χ2v) is 4.65. The fourth-order valence-corrected chi connectivity index (χ4v) is 2.60. The predicted octanol–water partition coefficient (Wildman–Crippen LogP) is 0.328. The van der Waals surface area contributed by atoms with Gasteiger partial charge in [0.2, 0.25) is 11.9 Å². The molecule has 5 heteroatoms. The number of hydrogen-bond donors (Lipinski definition) is 1. The van der Waals surface area contributed by atoms with Crippen LogP contribution in [0.3, 0.4) is 0 Å². The molecule has 86 valence electrons. The molecule has 2 aliphatic heterocycles. The second kappa shape index (κ2) is 3.31. The van der Waals surface area contributed by atoms with E-state index in [1.54, 1.807) is 6.20 Å². The molecule has 0 radical (unpaired) electrons. The highest BCUT2D eigenvalue weighted by Crippen LogP contribution is 2.35. The fraction of sp³-hybridized carbons (Fsp3) is 0.636. The van der Waals surface area contributed by atoms with Crippen LogP contribution in [0.5, 0.6) is 0 Å². The van der Waals surface area contributed by atoms with Crippen LogP contribution in [0.4, 0.5) is 5.95 Å². The first kappa shape index (κ1) is 9.84. The molecule has 1 aromatic rings. The van der Waals surface area contributed by atoms with Crippen molar-refractivity contribution in [2.45, 2.75) is 25.3 Å². The molecule has 1 aromatic heterocycles. The van der Waals surface area contributed by atoms with Crippen LogP contribution < -0.4 is 10.2 Å². The smallest absolute Gasteiger partial charge is 0.231 e. The third kappa shape index (κ3) is 1.15. The summed E-state index contributed by atoms with van der Waals surface area (Å²) in [5, 5.41) is 3.25. The van der Waals surface area contributed by atoms with E-state index < -0.39 is 0 Å². The van der Waals surface area contributed by atoms with Gasteiger partial charge >= 0.3 is 0 Å². The molecule has 1 saturated heterocycles. The molecule has 5 nitrogen and oxygen atoms in total. The summed E-state index contributed by atoms with van der Waals surface area (Å²) in [5.41, 5.74) is -0.0346. The van der Waals surface area contributed by atoms with Gasteiger partial charge in [0.05, 0.1) is 12.0 Å². The molecule has 1 amide bonds. The maximum Gasteiger partial charge on any atom is 0.231 e. The van der Waals surface area contributed by atoms with Gasteiger partial charge in [-0.25, -0.2) is 4.98 Å². The van der Waals surface area contributed by atoms with E-state index in [2.05, 4.69) is 21.8 Å². The lowest BCUT2D eigenvalue weighted by atomic mass is 9.86. The van der Waals surface area contributed by atoms with Crippen LogP contribution >= 0.6 is 0 Å². The first-order valence-corrected chi connectivity index (χ1v) is 5.82. The van der Waals surface area contributed by atoms with Crippen LogP contribution in [0, 0.1) is 0 Å². The molecule has 0 atom stereocenters. The number of amides is 1.